The van der Waals surface area contributed by atoms with E-state index in [-0.39, 0.29) is 1.43 Å². The predicted molar refractivity (Wildman–Crippen MR) is 36.4 cm³/mol. The molecule has 9 heavy (non-hydrogen) atoms. The number of aryl methyl sites for hydroxylation is 1. The van der Waals surface area contributed by atoms with E-state index in [1.165, 1.54) is 0 Å². The van der Waals surface area contributed by atoms with Crippen LogP contribution in [-0.2, 0) is 0 Å². The Morgan fingerprint density at radius 3 is 3.44 bits per heavy atom. The van der Waals surface area contributed by atoms with Crippen molar-refractivity contribution in [2.45, 2.75) is 6.92 Å². The van der Waals surface area contributed by atoms with Crippen LogP contribution < -0.4 is 0 Å². The molecule has 0 spiro atoms. The molecule has 1 N–H and O–H groups in total. The van der Waals surface area contributed by atoms with Crippen molar-refractivity contribution in [2.24, 2.45) is 0 Å². The van der Waals surface area contributed by atoms with E-state index in [0.29, 0.717) is 0 Å². The number of nitrogens with one attached hydrogen (secondary N) is 1. The monoisotopic (exact) mass is 123 g/mol. The third kappa shape index (κ3) is 0.483. The average Bonchev–Trinajstić information content (AvgIpc) is 2.35. The summed E-state index contributed by atoms with van der Waals surface area (Å²) >= 11 is 0. The summed E-state index contributed by atoms with van der Waals surface area (Å²) in [6, 6.07) is 3.97. The maximum absolute atomic E-state index is 3.99. The largest absolute Gasteiger partial charge is 0.289 e. The minimum absolute atomic E-state index is 0. The van der Waals surface area contributed by atoms with Gasteiger partial charge in [-0.05, 0) is 19.1 Å². The quantitative estimate of drug-likeness (QED) is 0.561. The second-order valence-electron chi connectivity index (χ2n) is 2.03. The first-order valence-electron chi connectivity index (χ1n) is 2.86. The summed E-state index contributed by atoms with van der Waals surface area (Å²) in [6.07, 6.45) is 1.98. The molecule has 2 heterocycles. The second kappa shape index (κ2) is 1.37. The van der Waals surface area contributed by atoms with Gasteiger partial charge in [-0.2, -0.15) is 5.10 Å². The summed E-state index contributed by atoms with van der Waals surface area (Å²) in [7, 11) is 0. The molecule has 2 rings (SSSR count). The molecule has 0 saturated carbocycles. The fraction of sp³-hybridized carbons (Fsp3) is 0.167. The van der Waals surface area contributed by atoms with Gasteiger partial charge in [0.2, 0.25) is 0 Å². The molecule has 3 heteroatoms. The minimum atomic E-state index is 0. The van der Waals surface area contributed by atoms with Crippen LogP contribution in [0.3, 0.4) is 0 Å². The van der Waals surface area contributed by atoms with E-state index in [0.717, 1.165) is 11.5 Å². The summed E-state index contributed by atoms with van der Waals surface area (Å²) in [5, 5.41) is 6.87. The van der Waals surface area contributed by atoms with E-state index in [1.807, 2.05) is 29.7 Å². The Labute approximate surface area is 53.8 Å². The Morgan fingerprint density at radius 2 is 2.67 bits per heavy atom. The molecular weight excluding hydrogens is 114 g/mol. The zero-order chi connectivity index (χ0) is 6.27. The van der Waals surface area contributed by atoms with Gasteiger partial charge in [-0.15, -0.1) is 0 Å². The molecule has 0 saturated heterocycles. The SMILES string of the molecule is Cc1n[nH]c2cccn12.[HH]. The standard InChI is InChI=1S/C6H7N3.H2/c1-5-7-8-6-3-2-4-9(5)6;/h2-4,8H,1H3;1H. The molecule has 0 atom stereocenters. The minimum Gasteiger partial charge on any atom is -0.289 e. The Kier molecular flexibility index (Phi) is 0.704. The van der Waals surface area contributed by atoms with Gasteiger partial charge in [0.15, 0.2) is 0 Å². The lowest BCUT2D eigenvalue weighted by Crippen LogP contribution is -1.79. The Balaban J connectivity index is 0.000000500. The molecule has 3 nitrogen and oxygen atoms in total. The Bertz CT molecular complexity index is 322. The van der Waals surface area contributed by atoms with Crippen LogP contribution in [0.2, 0.25) is 0 Å². The highest BCUT2D eigenvalue weighted by atomic mass is 15.2. The molecule has 0 aliphatic heterocycles. The van der Waals surface area contributed by atoms with Crippen LogP contribution in [0.25, 0.3) is 5.65 Å². The molecule has 0 aliphatic carbocycles. The topological polar surface area (TPSA) is 33.1 Å². The first kappa shape index (κ1) is 4.61. The Morgan fingerprint density at radius 1 is 1.78 bits per heavy atom. The molecule has 2 aromatic rings. The first-order valence-corrected chi connectivity index (χ1v) is 2.86. The zero-order valence-electron chi connectivity index (χ0n) is 5.13. The highest BCUT2D eigenvalue weighted by Crippen LogP contribution is 2.01. The van der Waals surface area contributed by atoms with Gasteiger partial charge in [-0.3, -0.25) is 9.50 Å². The van der Waals surface area contributed by atoms with E-state index in [1.54, 1.807) is 0 Å². The summed E-state index contributed by atoms with van der Waals surface area (Å²) < 4.78 is 2.00. The van der Waals surface area contributed by atoms with Gasteiger partial charge in [0.05, 0.1) is 0 Å². The molecule has 0 amide bonds. The van der Waals surface area contributed by atoms with Gasteiger partial charge < -0.3 is 0 Å². The van der Waals surface area contributed by atoms with Gasteiger partial charge in [0.1, 0.15) is 11.5 Å². The second-order valence-corrected chi connectivity index (χ2v) is 2.03. The van der Waals surface area contributed by atoms with Crippen LogP contribution in [0.5, 0.6) is 0 Å². The number of hydrogen-bond donors (Lipinski definition) is 1. The van der Waals surface area contributed by atoms with Crippen LogP contribution in [0, 0.1) is 6.92 Å². The third-order valence-corrected chi connectivity index (χ3v) is 1.43. The molecule has 0 aliphatic rings. The van der Waals surface area contributed by atoms with Gasteiger partial charge in [0, 0.05) is 7.62 Å². The number of H-pyrrole nitrogens is 1. The first-order chi connectivity index (χ1) is 4.38. The van der Waals surface area contributed by atoms with E-state index in [2.05, 4.69) is 10.2 Å². The molecule has 0 radical (unpaired) electrons. The van der Waals surface area contributed by atoms with Crippen molar-refractivity contribution in [1.29, 1.82) is 0 Å². The number of hydrogen-bond acceptors (Lipinski definition) is 1. The van der Waals surface area contributed by atoms with Gasteiger partial charge in [-0.1, -0.05) is 0 Å². The van der Waals surface area contributed by atoms with Crippen molar-refractivity contribution < 1.29 is 1.43 Å². The fourth-order valence-corrected chi connectivity index (χ4v) is 0.946. The maximum Gasteiger partial charge on any atom is 0.132 e. The molecule has 0 unspecified atom stereocenters. The van der Waals surface area contributed by atoms with Gasteiger partial charge >= 0.3 is 0 Å². The molecule has 48 valence electrons. The van der Waals surface area contributed by atoms with E-state index < -0.39 is 0 Å². The lowest BCUT2D eigenvalue weighted by Gasteiger charge is -1.80. The third-order valence-electron chi connectivity index (χ3n) is 1.43. The number of aromatic amines is 1. The number of aromatic nitrogens is 3. The van der Waals surface area contributed by atoms with Gasteiger partial charge in [-0.25, -0.2) is 0 Å². The van der Waals surface area contributed by atoms with E-state index in [4.69, 9.17) is 0 Å². The summed E-state index contributed by atoms with van der Waals surface area (Å²) in [6.45, 7) is 1.96. The maximum atomic E-state index is 3.99. The highest BCUT2D eigenvalue weighted by molar-refractivity contribution is 5.37. The van der Waals surface area contributed by atoms with Crippen molar-refractivity contribution in [3.8, 4) is 0 Å². The van der Waals surface area contributed by atoms with Crippen LogP contribution in [0.4, 0.5) is 0 Å². The molecule has 0 fully saturated rings. The summed E-state index contributed by atoms with van der Waals surface area (Å²) in [5.74, 6) is 0.995. The molecular formula is C6H9N3. The fourth-order valence-electron chi connectivity index (χ4n) is 0.946. The predicted octanol–water partition coefficient (Wildman–Crippen LogP) is 1.22. The number of nitrogens with zero attached hydrogens (tertiary/aromatic N) is 2. The van der Waals surface area contributed by atoms with Crippen LogP contribution >= 0.6 is 0 Å². The van der Waals surface area contributed by atoms with Crippen LogP contribution in [0.15, 0.2) is 18.3 Å². The number of rotatable bonds is 0. The normalized spacial score (nSPS) is 10.8. The zero-order valence-corrected chi connectivity index (χ0v) is 5.13. The lowest BCUT2D eigenvalue weighted by atomic mass is 10.7. The molecule has 0 bridgehead atoms. The van der Waals surface area contributed by atoms with E-state index in [9.17, 15) is 0 Å². The van der Waals surface area contributed by atoms with Crippen molar-refractivity contribution in [3.05, 3.63) is 24.2 Å². The van der Waals surface area contributed by atoms with Crippen molar-refractivity contribution >= 4 is 5.65 Å². The van der Waals surface area contributed by atoms with Gasteiger partial charge in [0.25, 0.3) is 0 Å². The lowest BCUT2D eigenvalue weighted by molar-refractivity contribution is 1.01. The molecule has 0 aromatic carbocycles. The highest BCUT2D eigenvalue weighted by Gasteiger charge is 1.94. The average molecular weight is 123 g/mol. The summed E-state index contributed by atoms with van der Waals surface area (Å²) in [4.78, 5) is 0. The van der Waals surface area contributed by atoms with E-state index >= 15 is 0 Å². The summed E-state index contributed by atoms with van der Waals surface area (Å²) in [5.41, 5.74) is 1.05. The van der Waals surface area contributed by atoms with Crippen LogP contribution in [-0.4, -0.2) is 14.6 Å². The van der Waals surface area contributed by atoms with Crippen molar-refractivity contribution in [3.63, 3.8) is 0 Å². The van der Waals surface area contributed by atoms with Crippen LogP contribution in [0.1, 0.15) is 7.25 Å². The molecule has 2 aromatic heterocycles. The van der Waals surface area contributed by atoms with Crippen molar-refractivity contribution in [2.75, 3.05) is 0 Å². The Hall–Kier alpha value is -1.25. The number of fused-ring (bicyclic) bond motifs is 1. The van der Waals surface area contributed by atoms with Crippen molar-refractivity contribution in [1.82, 2.24) is 14.6 Å². The smallest absolute Gasteiger partial charge is 0.132 e.